The summed E-state index contributed by atoms with van der Waals surface area (Å²) in [4.78, 5) is 18.1. The van der Waals surface area contributed by atoms with Crippen molar-refractivity contribution in [3.63, 3.8) is 0 Å². The molecule has 1 aromatic heterocycles. The fourth-order valence-corrected chi connectivity index (χ4v) is 5.86. The van der Waals surface area contributed by atoms with Crippen molar-refractivity contribution >= 4 is 27.3 Å². The molecule has 1 saturated heterocycles. The van der Waals surface area contributed by atoms with Crippen LogP contribution in [0.2, 0.25) is 0 Å². The Kier molecular flexibility index (Phi) is 5.32. The lowest BCUT2D eigenvalue weighted by Gasteiger charge is -2.43. The number of carbonyl (C=O) groups excluding carboxylic acids is 1. The molecule has 0 N–H and O–H groups in total. The molecule has 3 atom stereocenters. The van der Waals surface area contributed by atoms with Gasteiger partial charge in [0, 0.05) is 23.8 Å². The van der Waals surface area contributed by atoms with Gasteiger partial charge >= 0.3 is 0 Å². The van der Waals surface area contributed by atoms with Gasteiger partial charge in [0.1, 0.15) is 0 Å². The highest BCUT2D eigenvalue weighted by Crippen LogP contribution is 2.33. The highest BCUT2D eigenvalue weighted by Gasteiger charge is 2.36. The van der Waals surface area contributed by atoms with Crippen molar-refractivity contribution in [2.24, 2.45) is 0 Å². The van der Waals surface area contributed by atoms with Gasteiger partial charge in [-0.15, -0.1) is 11.3 Å². The molecule has 2 heterocycles. The predicted molar refractivity (Wildman–Crippen MR) is 110 cm³/mol. The quantitative estimate of drug-likeness (QED) is 0.766. The highest BCUT2D eigenvalue weighted by atomic mass is 32.1. The predicted octanol–water partition coefficient (Wildman–Crippen LogP) is 4.87. The summed E-state index contributed by atoms with van der Waals surface area (Å²) in [6.07, 6.45) is 7.59. The van der Waals surface area contributed by atoms with Crippen LogP contribution >= 0.6 is 11.3 Å². The molecule has 0 spiro atoms. The molecule has 0 unspecified atom stereocenters. The van der Waals surface area contributed by atoms with E-state index in [0.29, 0.717) is 12.1 Å². The average molecular weight is 371 g/mol. The van der Waals surface area contributed by atoms with E-state index in [0.717, 1.165) is 6.42 Å². The lowest BCUT2D eigenvalue weighted by Crippen LogP contribution is -2.53. The minimum absolute atomic E-state index is 0.0838. The Morgan fingerprint density at radius 3 is 2.73 bits per heavy atom. The Bertz CT molecular complexity index is 764. The molecule has 140 valence electrons. The van der Waals surface area contributed by atoms with Crippen molar-refractivity contribution in [1.29, 1.82) is 0 Å². The van der Waals surface area contributed by atoms with E-state index in [1.54, 1.807) is 11.3 Å². The summed E-state index contributed by atoms with van der Waals surface area (Å²) in [5.41, 5.74) is 1.18. The molecule has 1 amide bonds. The van der Waals surface area contributed by atoms with Crippen LogP contribution in [0.1, 0.15) is 56.9 Å². The zero-order chi connectivity index (χ0) is 18.1. The monoisotopic (exact) mass is 370 g/mol. The maximum absolute atomic E-state index is 13.4. The van der Waals surface area contributed by atoms with Gasteiger partial charge in [0.2, 0.25) is 5.91 Å². The Hall–Kier alpha value is -1.39. The zero-order valence-electron chi connectivity index (χ0n) is 16.0. The molecule has 3 nitrogen and oxygen atoms in total. The first-order chi connectivity index (χ1) is 12.7. The van der Waals surface area contributed by atoms with Gasteiger partial charge in [0.25, 0.3) is 0 Å². The lowest BCUT2D eigenvalue weighted by atomic mass is 9.87. The van der Waals surface area contributed by atoms with Crippen LogP contribution in [0, 0.1) is 0 Å². The maximum atomic E-state index is 13.4. The van der Waals surface area contributed by atoms with E-state index in [-0.39, 0.29) is 11.8 Å². The van der Waals surface area contributed by atoms with Crippen molar-refractivity contribution in [2.45, 2.75) is 63.5 Å². The molecule has 2 aromatic rings. The fourth-order valence-electron chi connectivity index (χ4n) is 5.04. The number of amides is 1. The number of carbonyl (C=O) groups is 1. The molecule has 1 saturated carbocycles. The summed E-state index contributed by atoms with van der Waals surface area (Å²) < 4.78 is 1.28. The topological polar surface area (TPSA) is 23.6 Å². The molecule has 2 aliphatic rings. The standard InChI is InChI=1S/C22H30N2OS/c1-16(17-8-7-11-21-18(17)12-15-26-21)22(25)23(2)19-9-3-4-10-20(19)24-13-5-6-14-24/h7-8,11-12,15-16,19-20H,3-6,9-10,13-14H2,1-2H3/t16-,19+,20+/m1/s1. The van der Waals surface area contributed by atoms with Gasteiger partial charge in [0.05, 0.1) is 5.92 Å². The zero-order valence-corrected chi connectivity index (χ0v) is 16.8. The van der Waals surface area contributed by atoms with Crippen LogP contribution in [-0.4, -0.2) is 47.9 Å². The number of likely N-dealkylation sites (N-methyl/N-ethyl adjacent to an activating group) is 1. The van der Waals surface area contributed by atoms with E-state index in [1.165, 1.54) is 60.8 Å². The molecule has 2 fully saturated rings. The summed E-state index contributed by atoms with van der Waals surface area (Å²) in [6, 6.07) is 9.46. The summed E-state index contributed by atoms with van der Waals surface area (Å²) in [5, 5.41) is 3.37. The summed E-state index contributed by atoms with van der Waals surface area (Å²) in [5.74, 6) is 0.194. The minimum atomic E-state index is -0.0838. The number of hydrogen-bond acceptors (Lipinski definition) is 3. The third-order valence-electron chi connectivity index (χ3n) is 6.52. The van der Waals surface area contributed by atoms with Crippen molar-refractivity contribution in [2.75, 3.05) is 20.1 Å². The van der Waals surface area contributed by atoms with Crippen LogP contribution in [0.3, 0.4) is 0 Å². The molecule has 1 aliphatic heterocycles. The minimum Gasteiger partial charge on any atom is -0.341 e. The number of fused-ring (bicyclic) bond motifs is 1. The van der Waals surface area contributed by atoms with E-state index in [2.05, 4.69) is 46.4 Å². The van der Waals surface area contributed by atoms with Gasteiger partial charge in [-0.05, 0) is 74.2 Å². The second kappa shape index (κ2) is 7.69. The summed E-state index contributed by atoms with van der Waals surface area (Å²) in [7, 11) is 2.05. The van der Waals surface area contributed by atoms with E-state index >= 15 is 0 Å². The van der Waals surface area contributed by atoms with Crippen LogP contribution in [0.4, 0.5) is 0 Å². The second-order valence-corrected chi connectivity index (χ2v) is 8.96. The lowest BCUT2D eigenvalue weighted by molar-refractivity contribution is -0.135. The van der Waals surface area contributed by atoms with Gasteiger partial charge in [-0.1, -0.05) is 25.0 Å². The Balaban J connectivity index is 1.55. The molecular formula is C22H30N2OS. The summed E-state index contributed by atoms with van der Waals surface area (Å²) >= 11 is 1.75. The molecule has 1 aromatic carbocycles. The number of rotatable bonds is 4. The van der Waals surface area contributed by atoms with Crippen molar-refractivity contribution < 1.29 is 4.79 Å². The van der Waals surface area contributed by atoms with Crippen LogP contribution in [0.15, 0.2) is 29.6 Å². The molecule has 1 aliphatic carbocycles. The number of likely N-dealkylation sites (tertiary alicyclic amines) is 1. The number of thiophene rings is 1. The van der Waals surface area contributed by atoms with E-state index < -0.39 is 0 Å². The highest BCUT2D eigenvalue weighted by molar-refractivity contribution is 7.17. The molecular weight excluding hydrogens is 340 g/mol. The van der Waals surface area contributed by atoms with Crippen molar-refractivity contribution in [3.05, 3.63) is 35.2 Å². The second-order valence-electron chi connectivity index (χ2n) is 8.01. The van der Waals surface area contributed by atoms with Gasteiger partial charge in [-0.2, -0.15) is 0 Å². The van der Waals surface area contributed by atoms with E-state index in [9.17, 15) is 4.79 Å². The van der Waals surface area contributed by atoms with E-state index in [1.807, 2.05) is 7.05 Å². The first-order valence-electron chi connectivity index (χ1n) is 10.1. The third kappa shape index (κ3) is 3.29. The van der Waals surface area contributed by atoms with Gasteiger partial charge in [-0.3, -0.25) is 9.69 Å². The Morgan fingerprint density at radius 1 is 1.15 bits per heavy atom. The largest absolute Gasteiger partial charge is 0.341 e. The SMILES string of the molecule is C[C@@H](C(=O)N(C)[C@H]1CCCC[C@@H]1N1CCCC1)c1cccc2sccc12. The van der Waals surface area contributed by atoms with Crippen LogP contribution in [0.25, 0.3) is 10.1 Å². The summed E-state index contributed by atoms with van der Waals surface area (Å²) in [6.45, 7) is 4.51. The Morgan fingerprint density at radius 2 is 1.92 bits per heavy atom. The van der Waals surface area contributed by atoms with Gasteiger partial charge in [-0.25, -0.2) is 0 Å². The molecule has 4 heteroatoms. The fraction of sp³-hybridized carbons (Fsp3) is 0.591. The maximum Gasteiger partial charge on any atom is 0.229 e. The van der Waals surface area contributed by atoms with Gasteiger partial charge < -0.3 is 4.90 Å². The van der Waals surface area contributed by atoms with E-state index in [4.69, 9.17) is 0 Å². The van der Waals surface area contributed by atoms with Crippen LogP contribution < -0.4 is 0 Å². The Labute approximate surface area is 161 Å². The van der Waals surface area contributed by atoms with Crippen LogP contribution in [-0.2, 0) is 4.79 Å². The normalized spacial score (nSPS) is 25.5. The molecule has 0 radical (unpaired) electrons. The number of benzene rings is 1. The smallest absolute Gasteiger partial charge is 0.229 e. The van der Waals surface area contributed by atoms with Crippen molar-refractivity contribution in [3.8, 4) is 0 Å². The number of nitrogens with zero attached hydrogens (tertiary/aromatic N) is 2. The molecule has 4 rings (SSSR count). The molecule has 26 heavy (non-hydrogen) atoms. The first-order valence-corrected chi connectivity index (χ1v) is 11.0. The first kappa shape index (κ1) is 18.0. The molecule has 0 bridgehead atoms. The average Bonchev–Trinajstić information content (AvgIpc) is 3.37. The van der Waals surface area contributed by atoms with Crippen LogP contribution in [0.5, 0.6) is 0 Å². The third-order valence-corrected chi connectivity index (χ3v) is 7.40. The van der Waals surface area contributed by atoms with Gasteiger partial charge in [0.15, 0.2) is 0 Å². The number of hydrogen-bond donors (Lipinski definition) is 0. The van der Waals surface area contributed by atoms with Crippen molar-refractivity contribution in [1.82, 2.24) is 9.80 Å².